The maximum atomic E-state index is 12.7. The lowest BCUT2D eigenvalue weighted by Crippen LogP contribution is -2.10. The fourth-order valence-corrected chi connectivity index (χ4v) is 3.75. The van der Waals surface area contributed by atoms with Crippen molar-refractivity contribution in [2.75, 3.05) is 0 Å². The highest BCUT2D eigenvalue weighted by Gasteiger charge is 2.27. The zero-order valence-corrected chi connectivity index (χ0v) is 19.1. The molecule has 1 aliphatic heterocycles. The minimum Gasteiger partial charge on any atom is -0.489 e. The molecule has 0 saturated heterocycles. The second kappa shape index (κ2) is 8.41. The molecule has 1 heterocycles. The predicted molar refractivity (Wildman–Crippen MR) is 125 cm³/mol. The SMILES string of the molecule is CC(C)(C)c1ccc(/C=C2\Oc3cc(OCc4ccc(Cl)cc4Cl)ccc3C2=O)cc1. The Bertz CT molecular complexity index is 1170. The van der Waals surface area contributed by atoms with Gasteiger partial charge in [0.1, 0.15) is 18.1 Å². The number of ether oxygens (including phenoxy) is 2. The number of rotatable bonds is 4. The molecule has 0 amide bonds. The van der Waals surface area contributed by atoms with Gasteiger partial charge in [-0.3, -0.25) is 4.79 Å². The number of hydrogen-bond donors (Lipinski definition) is 0. The Kier molecular flexibility index (Phi) is 5.83. The Morgan fingerprint density at radius 1 is 0.968 bits per heavy atom. The molecule has 4 rings (SSSR count). The van der Waals surface area contributed by atoms with Crippen LogP contribution in [0.5, 0.6) is 11.5 Å². The standard InChI is InChI=1S/C26H22Cl2O3/c1-26(2,3)18-7-4-16(5-8-18)12-24-25(29)21-11-10-20(14-23(21)31-24)30-15-17-6-9-19(27)13-22(17)28/h4-14H,15H2,1-3H3/b24-12-. The molecule has 1 aliphatic rings. The first-order valence-corrected chi connectivity index (χ1v) is 10.7. The second-order valence-electron chi connectivity index (χ2n) is 8.49. The van der Waals surface area contributed by atoms with E-state index in [2.05, 4.69) is 32.9 Å². The number of hydrogen-bond acceptors (Lipinski definition) is 3. The average Bonchev–Trinajstić information content (AvgIpc) is 3.02. The van der Waals surface area contributed by atoms with Crippen LogP contribution in [0.3, 0.4) is 0 Å². The van der Waals surface area contributed by atoms with Crippen molar-refractivity contribution in [1.29, 1.82) is 0 Å². The van der Waals surface area contributed by atoms with Crippen LogP contribution >= 0.6 is 23.2 Å². The van der Waals surface area contributed by atoms with E-state index in [1.165, 1.54) is 5.56 Å². The third kappa shape index (κ3) is 4.79. The van der Waals surface area contributed by atoms with Gasteiger partial charge in [0.05, 0.1) is 5.56 Å². The quantitative estimate of drug-likeness (QED) is 0.384. The number of carbonyl (C=O) groups excluding carboxylic acids is 1. The molecule has 0 saturated carbocycles. The molecule has 0 spiro atoms. The maximum Gasteiger partial charge on any atom is 0.231 e. The molecule has 158 valence electrons. The van der Waals surface area contributed by atoms with Gasteiger partial charge in [-0.05, 0) is 46.9 Å². The molecule has 0 fully saturated rings. The van der Waals surface area contributed by atoms with Gasteiger partial charge in [0, 0.05) is 21.7 Å². The van der Waals surface area contributed by atoms with Crippen LogP contribution < -0.4 is 9.47 Å². The van der Waals surface area contributed by atoms with Gasteiger partial charge in [-0.25, -0.2) is 0 Å². The smallest absolute Gasteiger partial charge is 0.231 e. The van der Waals surface area contributed by atoms with Gasteiger partial charge < -0.3 is 9.47 Å². The van der Waals surface area contributed by atoms with Crippen LogP contribution in [0.2, 0.25) is 10.0 Å². The van der Waals surface area contributed by atoms with E-state index >= 15 is 0 Å². The van der Waals surface area contributed by atoms with Crippen LogP contribution in [0.1, 0.15) is 47.8 Å². The van der Waals surface area contributed by atoms with E-state index in [-0.39, 0.29) is 17.8 Å². The number of halogens is 2. The molecule has 3 aromatic rings. The Labute approximate surface area is 192 Å². The predicted octanol–water partition coefficient (Wildman–Crippen LogP) is 7.49. The molecule has 0 aromatic heterocycles. The van der Waals surface area contributed by atoms with Crippen molar-refractivity contribution in [3.63, 3.8) is 0 Å². The van der Waals surface area contributed by atoms with Gasteiger partial charge in [-0.15, -0.1) is 0 Å². The van der Waals surface area contributed by atoms with Gasteiger partial charge in [0.15, 0.2) is 5.76 Å². The van der Waals surface area contributed by atoms with Gasteiger partial charge >= 0.3 is 0 Å². The summed E-state index contributed by atoms with van der Waals surface area (Å²) in [6.45, 7) is 6.79. The van der Waals surface area contributed by atoms with Crippen LogP contribution in [0.15, 0.2) is 66.4 Å². The number of allylic oxidation sites excluding steroid dienone is 1. The van der Waals surface area contributed by atoms with Crippen LogP contribution in [0.25, 0.3) is 6.08 Å². The monoisotopic (exact) mass is 452 g/mol. The number of Topliss-reactive ketones (excluding diaryl/α,β-unsaturated/α-hetero) is 1. The highest BCUT2D eigenvalue weighted by molar-refractivity contribution is 6.35. The molecule has 0 unspecified atom stereocenters. The highest BCUT2D eigenvalue weighted by atomic mass is 35.5. The lowest BCUT2D eigenvalue weighted by molar-refractivity contribution is 0.101. The third-order valence-electron chi connectivity index (χ3n) is 5.13. The van der Waals surface area contributed by atoms with Crippen molar-refractivity contribution >= 4 is 35.1 Å². The van der Waals surface area contributed by atoms with Crippen molar-refractivity contribution in [1.82, 2.24) is 0 Å². The van der Waals surface area contributed by atoms with Crippen molar-refractivity contribution in [2.45, 2.75) is 32.8 Å². The molecule has 3 nitrogen and oxygen atoms in total. The summed E-state index contributed by atoms with van der Waals surface area (Å²) in [7, 11) is 0. The van der Waals surface area contributed by atoms with E-state index in [0.717, 1.165) is 11.1 Å². The largest absolute Gasteiger partial charge is 0.489 e. The molecule has 0 radical (unpaired) electrons. The minimum absolute atomic E-state index is 0.0776. The number of benzene rings is 3. The molecule has 0 N–H and O–H groups in total. The van der Waals surface area contributed by atoms with Gasteiger partial charge in [-0.2, -0.15) is 0 Å². The molecule has 0 aliphatic carbocycles. The molecule has 0 atom stereocenters. The molecular formula is C26H22Cl2O3. The Morgan fingerprint density at radius 3 is 2.39 bits per heavy atom. The summed E-state index contributed by atoms with van der Waals surface area (Å²) >= 11 is 12.1. The average molecular weight is 453 g/mol. The summed E-state index contributed by atoms with van der Waals surface area (Å²) in [5.74, 6) is 1.24. The minimum atomic E-state index is -0.137. The number of fused-ring (bicyclic) bond motifs is 1. The Hall–Kier alpha value is -2.75. The zero-order valence-electron chi connectivity index (χ0n) is 17.5. The summed E-state index contributed by atoms with van der Waals surface area (Å²) in [4.78, 5) is 12.7. The second-order valence-corrected chi connectivity index (χ2v) is 9.34. The van der Waals surface area contributed by atoms with E-state index in [4.69, 9.17) is 32.7 Å². The van der Waals surface area contributed by atoms with Crippen molar-refractivity contribution in [3.8, 4) is 11.5 Å². The fraction of sp³-hybridized carbons (Fsp3) is 0.192. The Balaban J connectivity index is 1.49. The van der Waals surface area contributed by atoms with Crippen LogP contribution in [0.4, 0.5) is 0 Å². The first-order chi connectivity index (χ1) is 14.7. The summed E-state index contributed by atoms with van der Waals surface area (Å²) in [6, 6.07) is 18.6. The van der Waals surface area contributed by atoms with E-state index in [9.17, 15) is 4.79 Å². The summed E-state index contributed by atoms with van der Waals surface area (Å²) in [6.07, 6.45) is 1.77. The topological polar surface area (TPSA) is 35.5 Å². The molecular weight excluding hydrogens is 431 g/mol. The summed E-state index contributed by atoms with van der Waals surface area (Å²) in [5, 5.41) is 1.12. The van der Waals surface area contributed by atoms with Crippen LogP contribution in [0, 0.1) is 0 Å². The van der Waals surface area contributed by atoms with Gasteiger partial charge in [0.25, 0.3) is 0 Å². The summed E-state index contributed by atoms with van der Waals surface area (Å²) in [5.41, 5.74) is 3.57. The highest BCUT2D eigenvalue weighted by Crippen LogP contribution is 2.35. The lowest BCUT2D eigenvalue weighted by atomic mass is 9.86. The van der Waals surface area contributed by atoms with E-state index in [1.807, 2.05) is 18.2 Å². The van der Waals surface area contributed by atoms with Crippen molar-refractivity contribution in [3.05, 3.63) is 98.7 Å². The zero-order chi connectivity index (χ0) is 22.2. The maximum absolute atomic E-state index is 12.7. The van der Waals surface area contributed by atoms with Crippen molar-refractivity contribution < 1.29 is 14.3 Å². The van der Waals surface area contributed by atoms with E-state index in [1.54, 1.807) is 36.4 Å². The van der Waals surface area contributed by atoms with E-state index in [0.29, 0.717) is 32.9 Å². The van der Waals surface area contributed by atoms with Gasteiger partial charge in [0.2, 0.25) is 5.78 Å². The lowest BCUT2D eigenvalue weighted by Gasteiger charge is -2.18. The molecule has 5 heteroatoms. The van der Waals surface area contributed by atoms with Gasteiger partial charge in [-0.1, -0.05) is 74.3 Å². The summed E-state index contributed by atoms with van der Waals surface area (Å²) < 4.78 is 11.7. The van der Waals surface area contributed by atoms with Crippen LogP contribution in [-0.4, -0.2) is 5.78 Å². The molecule has 3 aromatic carbocycles. The first-order valence-electron chi connectivity index (χ1n) is 9.96. The fourth-order valence-electron chi connectivity index (χ4n) is 3.29. The Morgan fingerprint density at radius 2 is 1.71 bits per heavy atom. The third-order valence-corrected chi connectivity index (χ3v) is 5.71. The first kappa shape index (κ1) is 21.5. The number of carbonyl (C=O) groups is 1. The van der Waals surface area contributed by atoms with Crippen molar-refractivity contribution in [2.24, 2.45) is 0 Å². The molecule has 31 heavy (non-hydrogen) atoms. The number of ketones is 1. The van der Waals surface area contributed by atoms with E-state index < -0.39 is 0 Å². The van der Waals surface area contributed by atoms with Crippen LogP contribution in [-0.2, 0) is 12.0 Å². The molecule has 0 bridgehead atoms. The normalized spacial score (nSPS) is 14.5.